The van der Waals surface area contributed by atoms with Crippen LogP contribution in [0.1, 0.15) is 29.2 Å². The van der Waals surface area contributed by atoms with Gasteiger partial charge in [-0.05, 0) is 20.8 Å². The van der Waals surface area contributed by atoms with Gasteiger partial charge in [0.05, 0.1) is 24.4 Å². The van der Waals surface area contributed by atoms with Crippen molar-refractivity contribution in [2.45, 2.75) is 26.3 Å². The Hall–Kier alpha value is -0.980. The number of aromatic nitrogens is 1. The summed E-state index contributed by atoms with van der Waals surface area (Å²) in [6, 6.07) is 0. The van der Waals surface area contributed by atoms with Crippen LogP contribution in [0, 0.1) is 6.92 Å². The largest absolute Gasteiger partial charge is 0.379 e. The van der Waals surface area contributed by atoms with Crippen molar-refractivity contribution in [1.29, 1.82) is 0 Å². The van der Waals surface area contributed by atoms with E-state index in [0.29, 0.717) is 11.4 Å². The van der Waals surface area contributed by atoms with E-state index in [1.165, 1.54) is 11.3 Å². The smallest absolute Gasteiger partial charge is 0.263 e. The van der Waals surface area contributed by atoms with Crippen molar-refractivity contribution in [2.24, 2.45) is 0 Å². The minimum Gasteiger partial charge on any atom is -0.379 e. The predicted octanol–water partition coefficient (Wildman–Crippen LogP) is 1.29. The maximum atomic E-state index is 12.1. The molecule has 19 heavy (non-hydrogen) atoms. The lowest BCUT2D eigenvalue weighted by molar-refractivity contribution is -0.00922. The quantitative estimate of drug-likeness (QED) is 0.905. The van der Waals surface area contributed by atoms with E-state index >= 15 is 0 Å². The van der Waals surface area contributed by atoms with Crippen LogP contribution in [0.2, 0.25) is 0 Å². The molecule has 2 rings (SSSR count). The molecule has 0 spiro atoms. The van der Waals surface area contributed by atoms with E-state index in [1.54, 1.807) is 5.51 Å². The minimum absolute atomic E-state index is 0.0265. The summed E-state index contributed by atoms with van der Waals surface area (Å²) in [5.74, 6) is -0.0265. The zero-order valence-corrected chi connectivity index (χ0v) is 12.5. The van der Waals surface area contributed by atoms with Crippen molar-refractivity contribution < 1.29 is 9.53 Å². The lowest BCUT2D eigenvalue weighted by atomic mass is 10.0. The van der Waals surface area contributed by atoms with E-state index in [9.17, 15) is 4.79 Å². The Morgan fingerprint density at radius 2 is 2.21 bits per heavy atom. The van der Waals surface area contributed by atoms with Gasteiger partial charge >= 0.3 is 0 Å². The Kier molecular flexibility index (Phi) is 4.54. The molecular formula is C13H21N3O2S. The van der Waals surface area contributed by atoms with Gasteiger partial charge in [-0.2, -0.15) is 0 Å². The third kappa shape index (κ3) is 3.52. The first-order valence-electron chi connectivity index (χ1n) is 6.52. The van der Waals surface area contributed by atoms with Gasteiger partial charge in [0.1, 0.15) is 4.88 Å². The average molecular weight is 283 g/mol. The van der Waals surface area contributed by atoms with Crippen LogP contribution in [0.3, 0.4) is 0 Å². The van der Waals surface area contributed by atoms with Crippen LogP contribution in [0.5, 0.6) is 0 Å². The second-order valence-corrected chi connectivity index (χ2v) is 6.22. The Labute approximate surface area is 118 Å². The molecule has 0 saturated carbocycles. The van der Waals surface area contributed by atoms with Crippen LogP contribution < -0.4 is 5.32 Å². The lowest BCUT2D eigenvalue weighted by Gasteiger charge is -2.40. The first-order valence-corrected chi connectivity index (χ1v) is 7.40. The van der Waals surface area contributed by atoms with Gasteiger partial charge < -0.3 is 10.1 Å². The van der Waals surface area contributed by atoms with Crippen LogP contribution in [-0.4, -0.2) is 54.2 Å². The Balaban J connectivity index is 1.90. The molecule has 0 radical (unpaired) electrons. The number of nitrogens with zero attached hydrogens (tertiary/aromatic N) is 2. The van der Waals surface area contributed by atoms with Crippen LogP contribution in [-0.2, 0) is 4.74 Å². The number of hydrogen-bond donors (Lipinski definition) is 1. The summed E-state index contributed by atoms with van der Waals surface area (Å²) >= 11 is 1.39. The highest BCUT2D eigenvalue weighted by Gasteiger charge is 2.29. The number of carbonyl (C=O) groups is 1. The fourth-order valence-corrected chi connectivity index (χ4v) is 2.90. The number of ether oxygens (including phenoxy) is 1. The monoisotopic (exact) mass is 283 g/mol. The molecule has 0 aromatic carbocycles. The number of amides is 1. The topological polar surface area (TPSA) is 54.5 Å². The molecular weight excluding hydrogens is 262 g/mol. The molecule has 5 nitrogen and oxygen atoms in total. The fraction of sp³-hybridized carbons (Fsp3) is 0.692. The van der Waals surface area contributed by atoms with Gasteiger partial charge in [-0.25, -0.2) is 4.98 Å². The van der Waals surface area contributed by atoms with Gasteiger partial charge in [-0.15, -0.1) is 11.3 Å². The highest BCUT2D eigenvalue weighted by Crippen LogP contribution is 2.16. The number of rotatable bonds is 4. The van der Waals surface area contributed by atoms with E-state index < -0.39 is 0 Å². The van der Waals surface area contributed by atoms with Gasteiger partial charge in [-0.1, -0.05) is 0 Å². The standard InChI is InChI=1S/C13H21N3O2S/c1-10-11(19-9-15-10)12(17)14-8-13(2,3)16-4-6-18-7-5-16/h9H,4-8H2,1-3H3,(H,14,17). The molecule has 1 fully saturated rings. The summed E-state index contributed by atoms with van der Waals surface area (Å²) in [6.45, 7) is 10.2. The Bertz CT molecular complexity index is 439. The zero-order chi connectivity index (χ0) is 13.9. The molecule has 1 aromatic heterocycles. The number of aryl methyl sites for hydroxylation is 1. The number of morpholine rings is 1. The highest BCUT2D eigenvalue weighted by molar-refractivity contribution is 7.11. The van der Waals surface area contributed by atoms with Crippen LogP contribution in [0.25, 0.3) is 0 Å². The van der Waals surface area contributed by atoms with Crippen molar-refractivity contribution >= 4 is 17.2 Å². The third-order valence-corrected chi connectivity index (χ3v) is 4.43. The maximum Gasteiger partial charge on any atom is 0.263 e. The van der Waals surface area contributed by atoms with Gasteiger partial charge in [0, 0.05) is 25.2 Å². The molecule has 1 aromatic rings. The number of hydrogen-bond acceptors (Lipinski definition) is 5. The average Bonchev–Trinajstić information content (AvgIpc) is 2.83. The van der Waals surface area contributed by atoms with Crippen LogP contribution in [0.4, 0.5) is 0 Å². The first kappa shape index (κ1) is 14.4. The first-order chi connectivity index (χ1) is 9.00. The molecule has 1 aliphatic heterocycles. The second kappa shape index (κ2) is 5.98. The maximum absolute atomic E-state index is 12.1. The molecule has 0 atom stereocenters. The summed E-state index contributed by atoms with van der Waals surface area (Å²) in [5.41, 5.74) is 2.45. The van der Waals surface area contributed by atoms with Crippen molar-refractivity contribution in [3.8, 4) is 0 Å². The third-order valence-electron chi connectivity index (χ3n) is 3.50. The SMILES string of the molecule is Cc1ncsc1C(=O)NCC(C)(C)N1CCOCC1. The normalized spacial score (nSPS) is 17.4. The summed E-state index contributed by atoms with van der Waals surface area (Å²) in [5, 5.41) is 3.01. The Morgan fingerprint density at radius 3 is 2.79 bits per heavy atom. The van der Waals surface area contributed by atoms with Crippen LogP contribution >= 0.6 is 11.3 Å². The zero-order valence-electron chi connectivity index (χ0n) is 11.7. The minimum atomic E-state index is -0.0575. The van der Waals surface area contributed by atoms with Gasteiger partial charge in [-0.3, -0.25) is 9.69 Å². The Morgan fingerprint density at radius 1 is 1.53 bits per heavy atom. The van der Waals surface area contributed by atoms with E-state index in [2.05, 4.69) is 29.0 Å². The molecule has 1 N–H and O–H groups in total. The summed E-state index contributed by atoms with van der Waals surface area (Å²) in [7, 11) is 0. The predicted molar refractivity (Wildman–Crippen MR) is 75.7 cm³/mol. The number of nitrogens with one attached hydrogen (secondary N) is 1. The lowest BCUT2D eigenvalue weighted by Crippen LogP contribution is -2.55. The summed E-state index contributed by atoms with van der Waals surface area (Å²) in [6.07, 6.45) is 0. The second-order valence-electron chi connectivity index (χ2n) is 5.36. The van der Waals surface area contributed by atoms with Crippen molar-refractivity contribution in [3.05, 3.63) is 16.1 Å². The van der Waals surface area contributed by atoms with E-state index in [4.69, 9.17) is 4.74 Å². The molecule has 106 valence electrons. The molecule has 2 heterocycles. The number of carbonyl (C=O) groups excluding carboxylic acids is 1. The van der Waals surface area contributed by atoms with Gasteiger partial charge in [0.15, 0.2) is 0 Å². The van der Waals surface area contributed by atoms with E-state index in [1.807, 2.05) is 6.92 Å². The van der Waals surface area contributed by atoms with Crippen molar-refractivity contribution in [1.82, 2.24) is 15.2 Å². The van der Waals surface area contributed by atoms with Gasteiger partial charge in [0.25, 0.3) is 5.91 Å². The molecule has 0 aliphatic carbocycles. The van der Waals surface area contributed by atoms with E-state index in [-0.39, 0.29) is 11.4 Å². The molecule has 0 bridgehead atoms. The fourth-order valence-electron chi connectivity index (χ4n) is 2.18. The molecule has 1 saturated heterocycles. The molecule has 1 aliphatic rings. The van der Waals surface area contributed by atoms with Gasteiger partial charge in [0.2, 0.25) is 0 Å². The van der Waals surface area contributed by atoms with Crippen LogP contribution in [0.15, 0.2) is 5.51 Å². The molecule has 6 heteroatoms. The van der Waals surface area contributed by atoms with Crippen molar-refractivity contribution in [2.75, 3.05) is 32.8 Å². The summed E-state index contributed by atoms with van der Waals surface area (Å²) in [4.78, 5) is 19.2. The summed E-state index contributed by atoms with van der Waals surface area (Å²) < 4.78 is 5.36. The van der Waals surface area contributed by atoms with E-state index in [0.717, 1.165) is 32.0 Å². The molecule has 1 amide bonds. The highest BCUT2D eigenvalue weighted by atomic mass is 32.1. The number of thiazole rings is 1. The molecule has 0 unspecified atom stereocenters. The van der Waals surface area contributed by atoms with Crippen molar-refractivity contribution in [3.63, 3.8) is 0 Å².